The van der Waals surface area contributed by atoms with Gasteiger partial charge in [-0.3, -0.25) is 9.59 Å². The van der Waals surface area contributed by atoms with Gasteiger partial charge in [-0.2, -0.15) is 0 Å². The fraction of sp³-hybridized carbons (Fsp3) is 0.429. The molecule has 1 unspecified atom stereocenters. The predicted octanol–water partition coefficient (Wildman–Crippen LogP) is 1.38. The number of hydrogen-bond acceptors (Lipinski definition) is 3. The Balaban J connectivity index is 1.95. The molecule has 100 valence electrons. The molecule has 0 saturated carbocycles. The fourth-order valence-electron chi connectivity index (χ4n) is 2.65. The number of benzene rings is 1. The Kier molecular flexibility index (Phi) is 2.89. The molecule has 0 spiro atoms. The van der Waals surface area contributed by atoms with E-state index < -0.39 is 0 Å². The minimum Gasteiger partial charge on any atom is -0.482 e. The van der Waals surface area contributed by atoms with E-state index in [4.69, 9.17) is 4.74 Å². The van der Waals surface area contributed by atoms with Crippen LogP contribution in [0.4, 0.5) is 5.69 Å². The van der Waals surface area contributed by atoms with Crippen molar-refractivity contribution in [1.82, 2.24) is 5.32 Å². The van der Waals surface area contributed by atoms with Crippen molar-refractivity contribution in [2.24, 2.45) is 0 Å². The maximum absolute atomic E-state index is 11.8. The highest BCUT2D eigenvalue weighted by molar-refractivity contribution is 5.97. The summed E-state index contributed by atoms with van der Waals surface area (Å²) < 4.78 is 5.43. The van der Waals surface area contributed by atoms with Gasteiger partial charge in [0.05, 0.1) is 11.7 Å². The Hall–Kier alpha value is -2.04. The lowest BCUT2D eigenvalue weighted by molar-refractivity contribution is -0.121. The van der Waals surface area contributed by atoms with Crippen LogP contribution in [0.5, 0.6) is 5.75 Å². The molecule has 5 heteroatoms. The van der Waals surface area contributed by atoms with Gasteiger partial charge in [0.2, 0.25) is 5.91 Å². The van der Waals surface area contributed by atoms with E-state index in [1.807, 2.05) is 25.1 Å². The highest BCUT2D eigenvalue weighted by Gasteiger charge is 2.27. The summed E-state index contributed by atoms with van der Waals surface area (Å²) in [6.07, 6.45) is 1.37. The highest BCUT2D eigenvalue weighted by Crippen LogP contribution is 2.36. The van der Waals surface area contributed by atoms with Gasteiger partial charge in [-0.05, 0) is 31.0 Å². The molecule has 0 aliphatic carbocycles. The minimum atomic E-state index is -0.0254. The first kappa shape index (κ1) is 12.0. The molecule has 1 aromatic carbocycles. The first-order valence-electron chi connectivity index (χ1n) is 6.55. The Morgan fingerprint density at radius 3 is 2.95 bits per heavy atom. The van der Waals surface area contributed by atoms with Gasteiger partial charge in [0.25, 0.3) is 5.91 Å². The molecule has 0 bridgehead atoms. The Labute approximate surface area is 111 Å². The lowest BCUT2D eigenvalue weighted by Gasteiger charge is -2.29. The average molecular weight is 260 g/mol. The summed E-state index contributed by atoms with van der Waals surface area (Å²) >= 11 is 0. The lowest BCUT2D eigenvalue weighted by Crippen LogP contribution is -2.38. The second-order valence-corrected chi connectivity index (χ2v) is 4.81. The molecule has 1 saturated heterocycles. The van der Waals surface area contributed by atoms with Gasteiger partial charge in [-0.25, -0.2) is 0 Å². The molecule has 1 atom stereocenters. The summed E-state index contributed by atoms with van der Waals surface area (Å²) in [7, 11) is 0. The third-order valence-electron chi connectivity index (χ3n) is 3.64. The Morgan fingerprint density at radius 2 is 2.26 bits per heavy atom. The quantitative estimate of drug-likeness (QED) is 0.874. The summed E-state index contributed by atoms with van der Waals surface area (Å²) in [5, 5.41) is 2.94. The first-order valence-corrected chi connectivity index (χ1v) is 6.55. The second-order valence-electron chi connectivity index (χ2n) is 4.81. The van der Waals surface area contributed by atoms with Gasteiger partial charge >= 0.3 is 0 Å². The molecule has 3 rings (SSSR count). The zero-order valence-corrected chi connectivity index (χ0v) is 10.8. The van der Waals surface area contributed by atoms with Gasteiger partial charge in [-0.15, -0.1) is 0 Å². The number of hydrogen-bond donors (Lipinski definition) is 1. The van der Waals surface area contributed by atoms with Crippen molar-refractivity contribution in [2.75, 3.05) is 18.1 Å². The molecule has 1 fully saturated rings. The molecule has 2 aliphatic rings. The third kappa shape index (κ3) is 2.05. The van der Waals surface area contributed by atoms with E-state index in [-0.39, 0.29) is 24.5 Å². The summed E-state index contributed by atoms with van der Waals surface area (Å²) in [6, 6.07) is 5.84. The molecular weight excluding hydrogens is 244 g/mol. The van der Waals surface area contributed by atoms with Gasteiger partial charge in [0, 0.05) is 13.0 Å². The zero-order chi connectivity index (χ0) is 13.4. The van der Waals surface area contributed by atoms with E-state index in [0.29, 0.717) is 13.0 Å². The summed E-state index contributed by atoms with van der Waals surface area (Å²) in [4.78, 5) is 24.8. The van der Waals surface area contributed by atoms with Crippen molar-refractivity contribution >= 4 is 17.5 Å². The van der Waals surface area contributed by atoms with Crippen LogP contribution in [-0.4, -0.2) is 25.0 Å². The number of rotatable bonds is 2. The molecule has 2 aliphatic heterocycles. The molecule has 0 radical (unpaired) electrons. The van der Waals surface area contributed by atoms with Crippen molar-refractivity contribution in [3.8, 4) is 5.75 Å². The maximum atomic E-state index is 11.8. The molecule has 19 heavy (non-hydrogen) atoms. The number of carbonyl (C=O) groups excluding carboxylic acids is 2. The highest BCUT2D eigenvalue weighted by atomic mass is 16.5. The van der Waals surface area contributed by atoms with E-state index >= 15 is 0 Å². The number of nitrogens with one attached hydrogen (secondary N) is 1. The SMILES string of the molecule is CCN1C(=O)COc2ccc(C3CCC(=O)N3)cc21. The number of likely N-dealkylation sites (N-methyl/N-ethyl adjacent to an activating group) is 1. The predicted molar refractivity (Wildman–Crippen MR) is 70.1 cm³/mol. The number of amides is 2. The number of ether oxygens (including phenoxy) is 1. The van der Waals surface area contributed by atoms with E-state index in [9.17, 15) is 9.59 Å². The lowest BCUT2D eigenvalue weighted by atomic mass is 10.0. The number of nitrogens with zero attached hydrogens (tertiary/aromatic N) is 1. The molecule has 2 amide bonds. The standard InChI is InChI=1S/C14H16N2O3/c1-2-16-11-7-9(10-4-6-13(17)15-10)3-5-12(11)19-8-14(16)18/h3,5,7,10H,2,4,6,8H2,1H3,(H,15,17). The minimum absolute atomic E-state index is 0.0254. The monoisotopic (exact) mass is 260 g/mol. The van der Waals surface area contributed by atoms with Crippen LogP contribution in [0.1, 0.15) is 31.4 Å². The first-order chi connectivity index (χ1) is 9.19. The molecule has 1 N–H and O–H groups in total. The summed E-state index contributed by atoms with van der Waals surface area (Å²) in [5.74, 6) is 0.791. The van der Waals surface area contributed by atoms with Crippen LogP contribution >= 0.6 is 0 Å². The number of carbonyl (C=O) groups is 2. The van der Waals surface area contributed by atoms with Crippen LogP contribution in [0.2, 0.25) is 0 Å². The maximum Gasteiger partial charge on any atom is 0.265 e. The normalized spacial score (nSPS) is 21.9. The van der Waals surface area contributed by atoms with E-state index in [0.717, 1.165) is 23.4 Å². The van der Waals surface area contributed by atoms with Crippen molar-refractivity contribution < 1.29 is 14.3 Å². The van der Waals surface area contributed by atoms with Crippen LogP contribution in [0.25, 0.3) is 0 Å². The Bertz CT molecular complexity index is 541. The van der Waals surface area contributed by atoms with E-state index in [1.165, 1.54) is 0 Å². The number of fused-ring (bicyclic) bond motifs is 1. The topological polar surface area (TPSA) is 58.6 Å². The van der Waals surface area contributed by atoms with E-state index in [2.05, 4.69) is 5.32 Å². The van der Waals surface area contributed by atoms with Crippen LogP contribution in [0.15, 0.2) is 18.2 Å². The summed E-state index contributed by atoms with van der Waals surface area (Å²) in [5.41, 5.74) is 1.83. The van der Waals surface area contributed by atoms with Gasteiger partial charge in [0.1, 0.15) is 5.75 Å². The largest absolute Gasteiger partial charge is 0.482 e. The summed E-state index contributed by atoms with van der Waals surface area (Å²) in [6.45, 7) is 2.66. The molecule has 0 aromatic heterocycles. The molecular formula is C14H16N2O3. The van der Waals surface area contributed by atoms with Gasteiger partial charge in [0.15, 0.2) is 6.61 Å². The molecule has 5 nitrogen and oxygen atoms in total. The average Bonchev–Trinajstić information content (AvgIpc) is 2.85. The fourth-order valence-corrected chi connectivity index (χ4v) is 2.65. The van der Waals surface area contributed by atoms with Crippen LogP contribution in [0.3, 0.4) is 0 Å². The van der Waals surface area contributed by atoms with Crippen molar-refractivity contribution in [2.45, 2.75) is 25.8 Å². The van der Waals surface area contributed by atoms with Crippen molar-refractivity contribution in [3.63, 3.8) is 0 Å². The smallest absolute Gasteiger partial charge is 0.265 e. The van der Waals surface area contributed by atoms with E-state index in [1.54, 1.807) is 4.90 Å². The number of anilines is 1. The Morgan fingerprint density at radius 1 is 1.42 bits per heavy atom. The zero-order valence-electron chi connectivity index (χ0n) is 10.8. The van der Waals surface area contributed by atoms with Crippen molar-refractivity contribution in [1.29, 1.82) is 0 Å². The molecule has 2 heterocycles. The van der Waals surface area contributed by atoms with Crippen molar-refractivity contribution in [3.05, 3.63) is 23.8 Å². The van der Waals surface area contributed by atoms with Crippen LogP contribution in [0, 0.1) is 0 Å². The van der Waals surface area contributed by atoms with Gasteiger partial charge in [-0.1, -0.05) is 6.07 Å². The third-order valence-corrected chi connectivity index (χ3v) is 3.64. The molecule has 1 aromatic rings. The van der Waals surface area contributed by atoms with Crippen LogP contribution in [-0.2, 0) is 9.59 Å². The van der Waals surface area contributed by atoms with Crippen LogP contribution < -0.4 is 15.0 Å². The van der Waals surface area contributed by atoms with Gasteiger partial charge < -0.3 is 15.0 Å². The second kappa shape index (κ2) is 4.57.